The molecule has 0 amide bonds. The summed E-state index contributed by atoms with van der Waals surface area (Å²) in [4.78, 5) is 0. The minimum absolute atomic E-state index is 0.217. The Morgan fingerprint density at radius 1 is 0.885 bits per heavy atom. The molecule has 0 aliphatic rings. The first-order valence-electron chi connectivity index (χ1n) is 8.71. The SMILES string of the molecule is CCCCCC/C(=C(\Br)c1ccc(OC(F)(F)F)cc1)c1ccccc1. The summed E-state index contributed by atoms with van der Waals surface area (Å²) < 4.78 is 41.8. The topological polar surface area (TPSA) is 9.23 Å². The van der Waals surface area contributed by atoms with Gasteiger partial charge in [0.25, 0.3) is 0 Å². The molecule has 0 aromatic heterocycles. The van der Waals surface area contributed by atoms with E-state index in [1.165, 1.54) is 25.0 Å². The van der Waals surface area contributed by atoms with Crippen molar-refractivity contribution in [2.75, 3.05) is 0 Å². The lowest BCUT2D eigenvalue weighted by Crippen LogP contribution is -2.16. The maximum absolute atomic E-state index is 12.3. The minimum Gasteiger partial charge on any atom is -0.406 e. The Hall–Kier alpha value is -1.75. The molecule has 0 heterocycles. The highest BCUT2D eigenvalue weighted by Crippen LogP contribution is 2.35. The molecule has 2 aromatic rings. The molecule has 5 heteroatoms. The van der Waals surface area contributed by atoms with Crippen LogP contribution >= 0.6 is 15.9 Å². The Bertz CT molecular complexity index is 706. The number of halogens is 4. The third-order valence-corrected chi connectivity index (χ3v) is 4.95. The van der Waals surface area contributed by atoms with E-state index in [-0.39, 0.29) is 5.75 Å². The third-order valence-electron chi connectivity index (χ3n) is 4.01. The van der Waals surface area contributed by atoms with Crippen molar-refractivity contribution in [2.45, 2.75) is 45.4 Å². The first-order valence-corrected chi connectivity index (χ1v) is 9.50. The fourth-order valence-corrected chi connectivity index (χ4v) is 3.42. The van der Waals surface area contributed by atoms with Crippen LogP contribution in [0.2, 0.25) is 0 Å². The quantitative estimate of drug-likeness (QED) is 0.308. The minimum atomic E-state index is -4.68. The van der Waals surface area contributed by atoms with Crippen LogP contribution in [0.4, 0.5) is 13.2 Å². The van der Waals surface area contributed by atoms with Crippen LogP contribution in [0.15, 0.2) is 54.6 Å². The van der Waals surface area contributed by atoms with Crippen molar-refractivity contribution < 1.29 is 17.9 Å². The van der Waals surface area contributed by atoms with Gasteiger partial charge >= 0.3 is 6.36 Å². The Labute approximate surface area is 161 Å². The van der Waals surface area contributed by atoms with Crippen LogP contribution in [0.3, 0.4) is 0 Å². The van der Waals surface area contributed by atoms with Crippen molar-refractivity contribution in [3.8, 4) is 5.75 Å². The normalized spacial score (nSPS) is 12.7. The summed E-state index contributed by atoms with van der Waals surface area (Å²) in [6.07, 6.45) is 0.831. The molecule has 0 aliphatic carbocycles. The number of unbranched alkanes of at least 4 members (excludes halogenated alkanes) is 3. The first-order chi connectivity index (χ1) is 12.4. The highest BCUT2D eigenvalue weighted by molar-refractivity contribution is 9.15. The van der Waals surface area contributed by atoms with E-state index in [0.717, 1.165) is 40.4 Å². The number of benzene rings is 2. The van der Waals surface area contributed by atoms with Gasteiger partial charge in [0.1, 0.15) is 5.75 Å². The zero-order valence-corrected chi connectivity index (χ0v) is 16.2. The number of alkyl halides is 3. The van der Waals surface area contributed by atoms with Gasteiger partial charge in [0.2, 0.25) is 0 Å². The molecular weight excluding hydrogens is 405 g/mol. The number of ether oxygens (including phenoxy) is 1. The number of allylic oxidation sites excluding steroid dienone is 1. The van der Waals surface area contributed by atoms with Crippen LogP contribution in [0.1, 0.15) is 50.2 Å². The van der Waals surface area contributed by atoms with Gasteiger partial charge in [-0.05, 0) is 57.6 Å². The smallest absolute Gasteiger partial charge is 0.406 e. The van der Waals surface area contributed by atoms with E-state index in [1.54, 1.807) is 12.1 Å². The molecule has 0 N–H and O–H groups in total. The second-order valence-electron chi connectivity index (χ2n) is 6.04. The van der Waals surface area contributed by atoms with Crippen LogP contribution in [0, 0.1) is 0 Å². The predicted molar refractivity (Wildman–Crippen MR) is 104 cm³/mol. The Morgan fingerprint density at radius 3 is 2.12 bits per heavy atom. The largest absolute Gasteiger partial charge is 0.573 e. The first kappa shape index (κ1) is 20.6. The molecule has 0 radical (unpaired) electrons. The fourth-order valence-electron chi connectivity index (χ4n) is 2.73. The number of hydrogen-bond donors (Lipinski definition) is 0. The van der Waals surface area contributed by atoms with E-state index in [0.29, 0.717) is 0 Å². The maximum Gasteiger partial charge on any atom is 0.573 e. The van der Waals surface area contributed by atoms with Gasteiger partial charge in [-0.25, -0.2) is 0 Å². The lowest BCUT2D eigenvalue weighted by molar-refractivity contribution is -0.274. The zero-order chi connectivity index (χ0) is 19.0. The monoisotopic (exact) mass is 426 g/mol. The van der Waals surface area contributed by atoms with Gasteiger partial charge in [-0.1, -0.05) is 68.7 Å². The molecule has 0 fully saturated rings. The van der Waals surface area contributed by atoms with E-state index in [4.69, 9.17) is 0 Å². The molecule has 26 heavy (non-hydrogen) atoms. The molecule has 0 saturated heterocycles. The van der Waals surface area contributed by atoms with Gasteiger partial charge < -0.3 is 4.74 Å². The fraction of sp³-hybridized carbons (Fsp3) is 0.333. The molecule has 0 saturated carbocycles. The van der Waals surface area contributed by atoms with Crippen molar-refractivity contribution in [1.82, 2.24) is 0 Å². The van der Waals surface area contributed by atoms with E-state index >= 15 is 0 Å². The summed E-state index contributed by atoms with van der Waals surface area (Å²) in [6.45, 7) is 2.18. The van der Waals surface area contributed by atoms with Crippen LogP contribution in [0.5, 0.6) is 5.75 Å². The molecule has 0 spiro atoms. The Morgan fingerprint density at radius 2 is 1.54 bits per heavy atom. The summed E-state index contributed by atoms with van der Waals surface area (Å²) in [6, 6.07) is 16.0. The van der Waals surface area contributed by atoms with Crippen LogP contribution in [0.25, 0.3) is 10.1 Å². The lowest BCUT2D eigenvalue weighted by Gasteiger charge is -2.13. The maximum atomic E-state index is 12.3. The molecule has 0 atom stereocenters. The van der Waals surface area contributed by atoms with Gasteiger partial charge in [0, 0.05) is 4.48 Å². The standard InChI is InChI=1S/C21H22BrF3O/c1-2-3-4-8-11-19(16-9-6-5-7-10-16)20(22)17-12-14-18(15-13-17)26-21(23,24)25/h5-7,9-10,12-15H,2-4,8,11H2,1H3/b20-19+. The molecule has 140 valence electrons. The second kappa shape index (κ2) is 9.81. The van der Waals surface area contributed by atoms with Crippen LogP contribution in [-0.4, -0.2) is 6.36 Å². The Balaban J connectivity index is 2.26. The molecule has 0 aliphatic heterocycles. The molecule has 1 nitrogen and oxygen atoms in total. The lowest BCUT2D eigenvalue weighted by atomic mass is 9.97. The summed E-state index contributed by atoms with van der Waals surface area (Å²) in [5.41, 5.74) is 3.10. The van der Waals surface area contributed by atoms with Crippen molar-refractivity contribution >= 4 is 26.0 Å². The van der Waals surface area contributed by atoms with Crippen molar-refractivity contribution in [3.63, 3.8) is 0 Å². The summed E-state index contributed by atoms with van der Waals surface area (Å²) in [5.74, 6) is -0.217. The average Bonchev–Trinajstić information content (AvgIpc) is 2.61. The highest BCUT2D eigenvalue weighted by atomic mass is 79.9. The zero-order valence-electron chi connectivity index (χ0n) is 14.7. The van der Waals surface area contributed by atoms with Crippen LogP contribution < -0.4 is 4.74 Å². The molecule has 2 aromatic carbocycles. The van der Waals surface area contributed by atoms with Gasteiger partial charge in [-0.3, -0.25) is 0 Å². The van der Waals surface area contributed by atoms with Crippen molar-refractivity contribution in [1.29, 1.82) is 0 Å². The number of hydrogen-bond acceptors (Lipinski definition) is 1. The van der Waals surface area contributed by atoms with Crippen molar-refractivity contribution in [3.05, 3.63) is 65.7 Å². The number of rotatable bonds is 8. The average molecular weight is 427 g/mol. The van der Waals surface area contributed by atoms with E-state index in [9.17, 15) is 13.2 Å². The van der Waals surface area contributed by atoms with E-state index in [1.807, 2.05) is 18.2 Å². The molecular formula is C21H22BrF3O. The van der Waals surface area contributed by atoms with Gasteiger partial charge in [0.15, 0.2) is 0 Å². The third kappa shape index (κ3) is 6.52. The Kier molecular flexibility index (Phi) is 7.76. The van der Waals surface area contributed by atoms with E-state index < -0.39 is 6.36 Å². The summed E-state index contributed by atoms with van der Waals surface area (Å²) in [5, 5.41) is 0. The van der Waals surface area contributed by atoms with Crippen molar-refractivity contribution in [2.24, 2.45) is 0 Å². The summed E-state index contributed by atoms with van der Waals surface area (Å²) in [7, 11) is 0. The summed E-state index contributed by atoms with van der Waals surface area (Å²) >= 11 is 3.66. The van der Waals surface area contributed by atoms with Gasteiger partial charge in [0.05, 0.1) is 0 Å². The highest BCUT2D eigenvalue weighted by Gasteiger charge is 2.31. The van der Waals surface area contributed by atoms with Gasteiger partial charge in [-0.2, -0.15) is 0 Å². The second-order valence-corrected chi connectivity index (χ2v) is 6.83. The van der Waals surface area contributed by atoms with Crippen LogP contribution in [-0.2, 0) is 0 Å². The molecule has 0 bridgehead atoms. The predicted octanol–water partition coefficient (Wildman–Crippen LogP) is 7.82. The molecule has 0 unspecified atom stereocenters. The van der Waals surface area contributed by atoms with Gasteiger partial charge in [-0.15, -0.1) is 13.2 Å². The van der Waals surface area contributed by atoms with E-state index in [2.05, 4.69) is 39.7 Å². The molecule has 2 rings (SSSR count).